The summed E-state index contributed by atoms with van der Waals surface area (Å²) in [6.07, 6.45) is 3.19. The van der Waals surface area contributed by atoms with Crippen LogP contribution in [0.3, 0.4) is 0 Å². The summed E-state index contributed by atoms with van der Waals surface area (Å²) < 4.78 is 0. The number of aromatic nitrogens is 1. The van der Waals surface area contributed by atoms with Gasteiger partial charge < -0.3 is 15.7 Å². The number of rotatable bonds is 4. The molecule has 0 aliphatic heterocycles. The van der Waals surface area contributed by atoms with Crippen LogP contribution in [-0.4, -0.2) is 40.1 Å². The van der Waals surface area contributed by atoms with Crippen molar-refractivity contribution in [3.63, 3.8) is 0 Å². The van der Waals surface area contributed by atoms with Crippen molar-refractivity contribution in [1.82, 2.24) is 9.88 Å². The van der Waals surface area contributed by atoms with Gasteiger partial charge in [0, 0.05) is 23.8 Å². The predicted molar refractivity (Wildman–Crippen MR) is 69.1 cm³/mol. The molecule has 0 aromatic carbocycles. The van der Waals surface area contributed by atoms with Gasteiger partial charge in [0.05, 0.1) is 6.61 Å². The highest BCUT2D eigenvalue weighted by molar-refractivity contribution is 5.95. The van der Waals surface area contributed by atoms with Crippen molar-refractivity contribution in [2.24, 2.45) is 0 Å². The number of pyridine rings is 1. The monoisotopic (exact) mass is 249 g/mol. The minimum atomic E-state index is -0.0639. The van der Waals surface area contributed by atoms with E-state index in [4.69, 9.17) is 10.8 Å². The van der Waals surface area contributed by atoms with Crippen LogP contribution in [0.4, 0.5) is 5.82 Å². The Morgan fingerprint density at radius 1 is 1.56 bits per heavy atom. The van der Waals surface area contributed by atoms with Crippen molar-refractivity contribution in [2.45, 2.75) is 32.2 Å². The molecule has 5 heteroatoms. The molecule has 5 nitrogen and oxygen atoms in total. The van der Waals surface area contributed by atoms with Gasteiger partial charge in [-0.05, 0) is 38.3 Å². The van der Waals surface area contributed by atoms with Crippen LogP contribution in [0.1, 0.15) is 35.3 Å². The summed E-state index contributed by atoms with van der Waals surface area (Å²) in [6.45, 7) is 2.18. The molecule has 0 saturated heterocycles. The highest BCUT2D eigenvalue weighted by Gasteiger charge is 2.29. The van der Waals surface area contributed by atoms with Crippen molar-refractivity contribution < 1.29 is 9.90 Å². The maximum Gasteiger partial charge on any atom is 0.254 e. The number of aliphatic hydroxyl groups excluding tert-OH is 1. The third-order valence-corrected chi connectivity index (χ3v) is 3.34. The van der Waals surface area contributed by atoms with Crippen LogP contribution in [0.15, 0.2) is 12.1 Å². The molecule has 1 heterocycles. The fourth-order valence-corrected chi connectivity index (χ4v) is 2.24. The van der Waals surface area contributed by atoms with Crippen molar-refractivity contribution >= 4 is 11.7 Å². The zero-order valence-electron chi connectivity index (χ0n) is 10.6. The molecule has 1 aliphatic rings. The average Bonchev–Trinajstić information content (AvgIpc) is 2.23. The highest BCUT2D eigenvalue weighted by atomic mass is 16.3. The number of nitrogen functional groups attached to an aromatic ring is 1. The van der Waals surface area contributed by atoms with Gasteiger partial charge in [0.25, 0.3) is 5.91 Å². The number of carbonyl (C=O) groups excluding carboxylic acids is 1. The van der Waals surface area contributed by atoms with Crippen LogP contribution >= 0.6 is 0 Å². The van der Waals surface area contributed by atoms with Crippen LogP contribution in [0.25, 0.3) is 0 Å². The fourth-order valence-electron chi connectivity index (χ4n) is 2.24. The summed E-state index contributed by atoms with van der Waals surface area (Å²) in [5.74, 6) is 0.293. The molecule has 1 aromatic rings. The molecule has 1 fully saturated rings. The molecule has 3 N–H and O–H groups in total. The molecule has 1 aliphatic carbocycles. The van der Waals surface area contributed by atoms with Crippen LogP contribution in [0.2, 0.25) is 0 Å². The molecular formula is C13H19N3O2. The van der Waals surface area contributed by atoms with E-state index in [1.807, 2.05) is 6.92 Å². The minimum absolute atomic E-state index is 0.0121. The number of carbonyl (C=O) groups is 1. The second kappa shape index (κ2) is 5.35. The van der Waals surface area contributed by atoms with E-state index >= 15 is 0 Å². The zero-order valence-corrected chi connectivity index (χ0v) is 10.6. The highest BCUT2D eigenvalue weighted by Crippen LogP contribution is 2.26. The lowest BCUT2D eigenvalue weighted by Gasteiger charge is -2.37. The Kier molecular flexibility index (Phi) is 3.81. The van der Waals surface area contributed by atoms with Gasteiger partial charge in [-0.15, -0.1) is 0 Å². The summed E-state index contributed by atoms with van der Waals surface area (Å²) in [5.41, 5.74) is 6.95. The van der Waals surface area contributed by atoms with Crippen LogP contribution < -0.4 is 5.73 Å². The van der Waals surface area contributed by atoms with Gasteiger partial charge in [0.2, 0.25) is 0 Å². The van der Waals surface area contributed by atoms with E-state index < -0.39 is 0 Å². The van der Waals surface area contributed by atoms with E-state index in [0.29, 0.717) is 17.9 Å². The quantitative estimate of drug-likeness (QED) is 0.833. The standard InChI is InChI=1S/C13H19N3O2/c1-9-7-10(8-12(14)15-9)13(18)16(5-6-17)11-3-2-4-11/h7-8,11,17H,2-6H2,1H3,(H2,14,15). The van der Waals surface area contributed by atoms with Crippen LogP contribution in [0, 0.1) is 6.92 Å². The SMILES string of the molecule is Cc1cc(C(=O)N(CCO)C2CCC2)cc(N)n1. The van der Waals surface area contributed by atoms with Crippen LogP contribution in [-0.2, 0) is 0 Å². The third-order valence-electron chi connectivity index (χ3n) is 3.34. The van der Waals surface area contributed by atoms with Gasteiger partial charge >= 0.3 is 0 Å². The molecule has 1 aromatic heterocycles. The van der Waals surface area contributed by atoms with Crippen molar-refractivity contribution in [3.05, 3.63) is 23.4 Å². The fraction of sp³-hybridized carbons (Fsp3) is 0.538. The first-order valence-corrected chi connectivity index (χ1v) is 6.28. The lowest BCUT2D eigenvalue weighted by molar-refractivity contribution is 0.0525. The van der Waals surface area contributed by atoms with E-state index in [-0.39, 0.29) is 18.6 Å². The lowest BCUT2D eigenvalue weighted by atomic mass is 9.91. The molecule has 1 saturated carbocycles. The zero-order chi connectivity index (χ0) is 13.1. The summed E-state index contributed by atoms with van der Waals surface area (Å²) >= 11 is 0. The number of anilines is 1. The van der Waals surface area contributed by atoms with Crippen LogP contribution in [0.5, 0.6) is 0 Å². The Morgan fingerprint density at radius 3 is 2.78 bits per heavy atom. The first-order valence-electron chi connectivity index (χ1n) is 6.28. The maximum atomic E-state index is 12.4. The molecule has 98 valence electrons. The Labute approximate surface area is 107 Å². The Balaban J connectivity index is 2.21. The van der Waals surface area contributed by atoms with Crippen molar-refractivity contribution in [3.8, 4) is 0 Å². The summed E-state index contributed by atoms with van der Waals surface area (Å²) in [4.78, 5) is 18.2. The number of aryl methyl sites for hydroxylation is 1. The third kappa shape index (κ3) is 2.61. The predicted octanol–water partition coefficient (Wildman–Crippen LogP) is 0.959. The molecule has 0 radical (unpaired) electrons. The van der Waals surface area contributed by atoms with Gasteiger partial charge in [-0.2, -0.15) is 0 Å². The molecule has 2 rings (SSSR count). The number of hydrogen-bond donors (Lipinski definition) is 2. The number of nitrogens with two attached hydrogens (primary N) is 1. The first kappa shape index (κ1) is 12.8. The van der Waals surface area contributed by atoms with E-state index in [9.17, 15) is 4.79 Å². The van der Waals surface area contributed by atoms with Crippen molar-refractivity contribution in [2.75, 3.05) is 18.9 Å². The largest absolute Gasteiger partial charge is 0.395 e. The Bertz CT molecular complexity index is 424. The summed E-state index contributed by atoms with van der Waals surface area (Å²) in [5, 5.41) is 9.08. The number of aliphatic hydroxyl groups is 1. The second-order valence-electron chi connectivity index (χ2n) is 4.73. The maximum absolute atomic E-state index is 12.4. The van der Waals surface area contributed by atoms with E-state index in [1.54, 1.807) is 17.0 Å². The average molecular weight is 249 g/mol. The molecule has 0 atom stereocenters. The molecule has 18 heavy (non-hydrogen) atoms. The van der Waals surface area contributed by atoms with E-state index in [0.717, 1.165) is 25.0 Å². The minimum Gasteiger partial charge on any atom is -0.395 e. The summed E-state index contributed by atoms with van der Waals surface area (Å²) in [7, 11) is 0. The smallest absolute Gasteiger partial charge is 0.254 e. The normalized spacial score (nSPS) is 15.2. The topological polar surface area (TPSA) is 79.5 Å². The summed E-state index contributed by atoms with van der Waals surface area (Å²) in [6, 6.07) is 3.60. The Morgan fingerprint density at radius 2 is 2.28 bits per heavy atom. The number of amides is 1. The van der Waals surface area contributed by atoms with Gasteiger partial charge in [-0.1, -0.05) is 0 Å². The van der Waals surface area contributed by atoms with Crippen molar-refractivity contribution in [1.29, 1.82) is 0 Å². The van der Waals surface area contributed by atoms with Gasteiger partial charge in [0.15, 0.2) is 0 Å². The molecular weight excluding hydrogens is 230 g/mol. The van der Waals surface area contributed by atoms with Gasteiger partial charge in [0.1, 0.15) is 5.82 Å². The molecule has 0 bridgehead atoms. The Hall–Kier alpha value is -1.62. The molecule has 1 amide bonds. The van der Waals surface area contributed by atoms with E-state index in [2.05, 4.69) is 4.98 Å². The first-order chi connectivity index (χ1) is 8.61. The number of hydrogen-bond acceptors (Lipinski definition) is 4. The van der Waals surface area contributed by atoms with E-state index in [1.165, 1.54) is 0 Å². The molecule has 0 spiro atoms. The lowest BCUT2D eigenvalue weighted by Crippen LogP contribution is -2.45. The molecule has 0 unspecified atom stereocenters. The van der Waals surface area contributed by atoms with Gasteiger partial charge in [-0.3, -0.25) is 4.79 Å². The second-order valence-corrected chi connectivity index (χ2v) is 4.73. The number of nitrogens with zero attached hydrogens (tertiary/aromatic N) is 2. The van der Waals surface area contributed by atoms with Gasteiger partial charge in [-0.25, -0.2) is 4.98 Å².